The maximum Gasteiger partial charge on any atom is 0.397 e. The van der Waals surface area contributed by atoms with Crippen LogP contribution in [0.2, 0.25) is 0 Å². The topological polar surface area (TPSA) is 46.6 Å². The SMILES string of the molecule is O=C1OCC2CCCCN2C1=O. The highest BCUT2D eigenvalue weighted by Gasteiger charge is 2.36. The van der Waals surface area contributed by atoms with E-state index in [0.29, 0.717) is 6.61 Å². The van der Waals surface area contributed by atoms with Gasteiger partial charge in [-0.05, 0) is 19.3 Å². The van der Waals surface area contributed by atoms with Crippen molar-refractivity contribution in [3.63, 3.8) is 0 Å². The van der Waals surface area contributed by atoms with Crippen molar-refractivity contribution in [2.75, 3.05) is 13.2 Å². The van der Waals surface area contributed by atoms with Crippen LogP contribution in [0.3, 0.4) is 0 Å². The van der Waals surface area contributed by atoms with Gasteiger partial charge in [-0.25, -0.2) is 4.79 Å². The first-order valence-corrected chi connectivity index (χ1v) is 4.27. The Kier molecular flexibility index (Phi) is 1.75. The minimum Gasteiger partial charge on any atom is -0.456 e. The smallest absolute Gasteiger partial charge is 0.397 e. The van der Waals surface area contributed by atoms with Gasteiger partial charge in [0.05, 0.1) is 6.04 Å². The van der Waals surface area contributed by atoms with Crippen LogP contribution in [0.1, 0.15) is 19.3 Å². The highest BCUT2D eigenvalue weighted by atomic mass is 16.5. The molecule has 2 fully saturated rings. The van der Waals surface area contributed by atoms with Crippen molar-refractivity contribution in [3.8, 4) is 0 Å². The van der Waals surface area contributed by atoms with Gasteiger partial charge in [0.25, 0.3) is 0 Å². The average Bonchev–Trinajstić information content (AvgIpc) is 2.12. The zero-order valence-electron chi connectivity index (χ0n) is 6.78. The van der Waals surface area contributed by atoms with Gasteiger partial charge >= 0.3 is 11.9 Å². The second-order valence-electron chi connectivity index (χ2n) is 3.25. The summed E-state index contributed by atoms with van der Waals surface area (Å²) < 4.78 is 4.73. The summed E-state index contributed by atoms with van der Waals surface area (Å²) in [7, 11) is 0. The summed E-state index contributed by atoms with van der Waals surface area (Å²) in [6, 6.07) is 0.156. The third-order valence-electron chi connectivity index (χ3n) is 2.47. The Bertz CT molecular complexity index is 226. The first kappa shape index (κ1) is 7.58. The number of morpholine rings is 1. The van der Waals surface area contributed by atoms with Crippen LogP contribution in [0, 0.1) is 0 Å². The molecule has 2 aliphatic heterocycles. The van der Waals surface area contributed by atoms with E-state index < -0.39 is 11.9 Å². The van der Waals surface area contributed by atoms with Crippen molar-refractivity contribution in [2.24, 2.45) is 0 Å². The summed E-state index contributed by atoms with van der Waals surface area (Å²) in [5, 5.41) is 0. The fourth-order valence-corrected chi connectivity index (χ4v) is 1.79. The molecule has 0 aliphatic carbocycles. The fraction of sp³-hybridized carbons (Fsp3) is 0.750. The largest absolute Gasteiger partial charge is 0.456 e. The monoisotopic (exact) mass is 169 g/mol. The van der Waals surface area contributed by atoms with Gasteiger partial charge in [0.1, 0.15) is 6.61 Å². The Morgan fingerprint density at radius 2 is 2.17 bits per heavy atom. The fourth-order valence-electron chi connectivity index (χ4n) is 1.79. The number of cyclic esters (lactones) is 1. The molecule has 12 heavy (non-hydrogen) atoms. The number of rotatable bonds is 0. The maximum absolute atomic E-state index is 11.2. The summed E-state index contributed by atoms with van der Waals surface area (Å²) in [4.78, 5) is 23.7. The molecule has 1 unspecified atom stereocenters. The molecule has 2 heterocycles. The molecule has 2 aliphatic rings. The average molecular weight is 169 g/mol. The molecule has 2 saturated heterocycles. The van der Waals surface area contributed by atoms with E-state index in [9.17, 15) is 9.59 Å². The van der Waals surface area contributed by atoms with E-state index in [1.54, 1.807) is 4.90 Å². The second kappa shape index (κ2) is 2.77. The van der Waals surface area contributed by atoms with Gasteiger partial charge in [0.2, 0.25) is 0 Å². The van der Waals surface area contributed by atoms with Crippen LogP contribution >= 0.6 is 0 Å². The van der Waals surface area contributed by atoms with Crippen molar-refractivity contribution in [3.05, 3.63) is 0 Å². The molecule has 0 aromatic heterocycles. The molecule has 0 spiro atoms. The van der Waals surface area contributed by atoms with Crippen LogP contribution in [0.25, 0.3) is 0 Å². The molecule has 0 radical (unpaired) electrons. The van der Waals surface area contributed by atoms with Crippen LogP contribution in [-0.4, -0.2) is 36.0 Å². The van der Waals surface area contributed by atoms with Crippen molar-refractivity contribution < 1.29 is 14.3 Å². The Morgan fingerprint density at radius 1 is 1.33 bits per heavy atom. The van der Waals surface area contributed by atoms with Gasteiger partial charge in [-0.1, -0.05) is 0 Å². The van der Waals surface area contributed by atoms with Gasteiger partial charge in [0, 0.05) is 6.54 Å². The summed E-state index contributed by atoms with van der Waals surface area (Å²) in [5.74, 6) is -1.14. The third-order valence-corrected chi connectivity index (χ3v) is 2.47. The van der Waals surface area contributed by atoms with Crippen molar-refractivity contribution >= 4 is 11.9 Å². The summed E-state index contributed by atoms with van der Waals surface area (Å²) in [5.41, 5.74) is 0. The number of ether oxygens (including phenoxy) is 1. The van der Waals surface area contributed by atoms with Gasteiger partial charge in [-0.2, -0.15) is 0 Å². The normalized spacial score (nSPS) is 29.7. The van der Waals surface area contributed by atoms with Crippen molar-refractivity contribution in [2.45, 2.75) is 25.3 Å². The number of hydrogen-bond acceptors (Lipinski definition) is 3. The molecule has 0 saturated carbocycles. The standard InChI is InChI=1S/C8H11NO3/c10-7-8(11)12-5-6-3-1-2-4-9(6)7/h6H,1-5H2. The van der Waals surface area contributed by atoms with Crippen LogP contribution in [0.5, 0.6) is 0 Å². The highest BCUT2D eigenvalue weighted by molar-refractivity contribution is 6.32. The lowest BCUT2D eigenvalue weighted by Crippen LogP contribution is -2.53. The highest BCUT2D eigenvalue weighted by Crippen LogP contribution is 2.20. The first-order valence-electron chi connectivity index (χ1n) is 4.27. The van der Waals surface area contributed by atoms with Gasteiger partial charge in [0.15, 0.2) is 0 Å². The first-order chi connectivity index (χ1) is 5.79. The number of hydrogen-bond donors (Lipinski definition) is 0. The van der Waals surface area contributed by atoms with Crippen molar-refractivity contribution in [1.29, 1.82) is 0 Å². The van der Waals surface area contributed by atoms with Crippen LogP contribution in [0.4, 0.5) is 0 Å². The van der Waals surface area contributed by atoms with E-state index >= 15 is 0 Å². The second-order valence-corrected chi connectivity index (χ2v) is 3.25. The predicted molar refractivity (Wildman–Crippen MR) is 40.3 cm³/mol. The van der Waals surface area contributed by atoms with Gasteiger partial charge < -0.3 is 9.64 Å². The number of amides is 1. The summed E-state index contributed by atoms with van der Waals surface area (Å²) >= 11 is 0. The van der Waals surface area contributed by atoms with E-state index in [1.807, 2.05) is 0 Å². The third kappa shape index (κ3) is 1.07. The number of piperidine rings is 1. The molecule has 4 nitrogen and oxygen atoms in total. The Labute approximate surface area is 70.5 Å². The molecule has 0 N–H and O–H groups in total. The number of nitrogens with zero attached hydrogens (tertiary/aromatic N) is 1. The Balaban J connectivity index is 2.13. The molecular formula is C8H11NO3. The molecule has 0 bridgehead atoms. The molecule has 0 aromatic rings. The van der Waals surface area contributed by atoms with Crippen LogP contribution in [0.15, 0.2) is 0 Å². The molecule has 1 atom stereocenters. The van der Waals surface area contributed by atoms with E-state index in [4.69, 9.17) is 4.74 Å². The Hall–Kier alpha value is -1.06. The number of carbonyl (C=O) groups is 2. The summed E-state index contributed by atoms with van der Waals surface area (Å²) in [6.07, 6.45) is 3.11. The van der Waals surface area contributed by atoms with E-state index in [-0.39, 0.29) is 6.04 Å². The zero-order valence-corrected chi connectivity index (χ0v) is 6.78. The lowest BCUT2D eigenvalue weighted by atomic mass is 10.0. The molecule has 1 amide bonds. The molecule has 2 rings (SSSR count). The Morgan fingerprint density at radius 3 is 3.00 bits per heavy atom. The van der Waals surface area contributed by atoms with Crippen LogP contribution in [-0.2, 0) is 14.3 Å². The zero-order chi connectivity index (χ0) is 8.55. The lowest BCUT2D eigenvalue weighted by molar-refractivity contribution is -0.171. The molecule has 4 heteroatoms. The van der Waals surface area contributed by atoms with E-state index in [0.717, 1.165) is 25.8 Å². The predicted octanol–water partition coefficient (Wildman–Crippen LogP) is -0.0757. The van der Waals surface area contributed by atoms with E-state index in [1.165, 1.54) is 0 Å². The van der Waals surface area contributed by atoms with Gasteiger partial charge in [-0.15, -0.1) is 0 Å². The minimum absolute atomic E-state index is 0.156. The molecular weight excluding hydrogens is 158 g/mol. The molecule has 0 aromatic carbocycles. The number of fused-ring (bicyclic) bond motifs is 1. The van der Waals surface area contributed by atoms with Gasteiger partial charge in [-0.3, -0.25) is 4.79 Å². The summed E-state index contributed by atoms with van der Waals surface area (Å²) in [6.45, 7) is 1.11. The number of esters is 1. The lowest BCUT2D eigenvalue weighted by Gasteiger charge is -2.37. The van der Waals surface area contributed by atoms with Crippen LogP contribution < -0.4 is 0 Å². The molecule has 66 valence electrons. The number of carbonyl (C=O) groups excluding carboxylic acids is 2. The minimum atomic E-state index is -0.687. The van der Waals surface area contributed by atoms with Crippen molar-refractivity contribution in [1.82, 2.24) is 4.90 Å². The van der Waals surface area contributed by atoms with E-state index in [2.05, 4.69) is 0 Å². The maximum atomic E-state index is 11.2. The quantitative estimate of drug-likeness (QED) is 0.376.